The quantitative estimate of drug-likeness (QED) is 0.589. The normalized spacial score (nSPS) is 35.5. The number of carbonyl (C=O) groups is 1. The Morgan fingerprint density at radius 3 is 2.90 bits per heavy atom. The van der Waals surface area contributed by atoms with Crippen LogP contribution in [0.1, 0.15) is 45.4 Å². The van der Waals surface area contributed by atoms with Crippen LogP contribution in [0.25, 0.3) is 0 Å². The number of allylic oxidation sites excluding steroid dienone is 1. The molecule has 2 aliphatic carbocycles. The SMILES string of the molecule is CCOC(=O)[C@H]1CC=C[C@@H]1[C@H]1COC2(CCCCC2)O1. The molecule has 0 bridgehead atoms. The second-order valence-electron chi connectivity index (χ2n) is 6.04. The van der Waals surface area contributed by atoms with E-state index in [-0.39, 0.29) is 29.7 Å². The van der Waals surface area contributed by atoms with Crippen LogP contribution in [0.4, 0.5) is 0 Å². The van der Waals surface area contributed by atoms with Gasteiger partial charge in [0.05, 0.1) is 25.2 Å². The van der Waals surface area contributed by atoms with Crippen LogP contribution in [-0.4, -0.2) is 31.1 Å². The van der Waals surface area contributed by atoms with E-state index in [4.69, 9.17) is 14.2 Å². The van der Waals surface area contributed by atoms with E-state index >= 15 is 0 Å². The summed E-state index contributed by atoms with van der Waals surface area (Å²) < 4.78 is 17.4. The minimum atomic E-state index is -0.363. The number of hydrogen-bond acceptors (Lipinski definition) is 4. The standard InChI is InChI=1S/C16H24O4/c1-2-18-15(17)13-8-6-7-12(13)14-11-19-16(20-14)9-4-3-5-10-16/h6-7,12-14H,2-5,8-11H2,1H3/t12-,13-,14+/m0/s1. The van der Waals surface area contributed by atoms with E-state index in [0.717, 1.165) is 19.3 Å². The maximum atomic E-state index is 12.0. The third-order valence-electron chi connectivity index (χ3n) is 4.72. The van der Waals surface area contributed by atoms with Crippen LogP contribution in [0, 0.1) is 11.8 Å². The van der Waals surface area contributed by atoms with Crippen molar-refractivity contribution in [3.63, 3.8) is 0 Å². The Hall–Kier alpha value is -0.870. The second kappa shape index (κ2) is 5.86. The number of ether oxygens (including phenoxy) is 3. The Morgan fingerprint density at radius 2 is 2.15 bits per heavy atom. The zero-order valence-electron chi connectivity index (χ0n) is 12.2. The van der Waals surface area contributed by atoms with E-state index in [9.17, 15) is 4.79 Å². The molecule has 3 rings (SSSR count). The molecule has 1 heterocycles. The van der Waals surface area contributed by atoms with Crippen molar-refractivity contribution in [3.8, 4) is 0 Å². The fourth-order valence-electron chi connectivity index (χ4n) is 3.68. The molecule has 4 nitrogen and oxygen atoms in total. The lowest BCUT2D eigenvalue weighted by Gasteiger charge is -2.32. The Labute approximate surface area is 120 Å². The molecule has 0 aromatic carbocycles. The maximum absolute atomic E-state index is 12.0. The molecule has 3 aliphatic rings. The number of carbonyl (C=O) groups excluding carboxylic acids is 1. The van der Waals surface area contributed by atoms with E-state index in [2.05, 4.69) is 12.2 Å². The summed E-state index contributed by atoms with van der Waals surface area (Å²) in [5.74, 6) is -0.452. The minimum absolute atomic E-state index is 0.00116. The van der Waals surface area contributed by atoms with E-state index in [1.54, 1.807) is 0 Å². The van der Waals surface area contributed by atoms with Gasteiger partial charge in [0.15, 0.2) is 5.79 Å². The van der Waals surface area contributed by atoms with Gasteiger partial charge in [-0.25, -0.2) is 0 Å². The fourth-order valence-corrected chi connectivity index (χ4v) is 3.68. The summed E-state index contributed by atoms with van der Waals surface area (Å²) in [6, 6.07) is 0. The molecular formula is C16H24O4. The number of hydrogen-bond donors (Lipinski definition) is 0. The van der Waals surface area contributed by atoms with Crippen LogP contribution in [0.3, 0.4) is 0 Å². The molecule has 2 fully saturated rings. The zero-order valence-corrected chi connectivity index (χ0v) is 12.2. The van der Waals surface area contributed by atoms with Gasteiger partial charge in [0.1, 0.15) is 0 Å². The number of rotatable bonds is 3. The third kappa shape index (κ3) is 2.63. The van der Waals surface area contributed by atoms with E-state index < -0.39 is 0 Å². The van der Waals surface area contributed by atoms with Gasteiger partial charge in [-0.2, -0.15) is 0 Å². The topological polar surface area (TPSA) is 44.8 Å². The predicted octanol–water partition coefficient (Wildman–Crippen LogP) is 2.82. The second-order valence-corrected chi connectivity index (χ2v) is 6.04. The van der Waals surface area contributed by atoms with Crippen molar-refractivity contribution in [1.29, 1.82) is 0 Å². The summed E-state index contributed by atoms with van der Waals surface area (Å²) in [7, 11) is 0. The summed E-state index contributed by atoms with van der Waals surface area (Å²) in [6.07, 6.45) is 10.5. The van der Waals surface area contributed by atoms with Gasteiger partial charge in [-0.05, 0) is 26.2 Å². The molecule has 0 N–H and O–H groups in total. The van der Waals surface area contributed by atoms with Crippen molar-refractivity contribution in [1.82, 2.24) is 0 Å². The highest BCUT2D eigenvalue weighted by Crippen LogP contribution is 2.42. The van der Waals surface area contributed by atoms with Gasteiger partial charge in [0.25, 0.3) is 0 Å². The largest absolute Gasteiger partial charge is 0.466 e. The van der Waals surface area contributed by atoms with Crippen LogP contribution < -0.4 is 0 Å². The first-order valence-electron chi connectivity index (χ1n) is 7.89. The molecule has 0 aromatic rings. The number of esters is 1. The van der Waals surface area contributed by atoms with Gasteiger partial charge in [0, 0.05) is 18.8 Å². The van der Waals surface area contributed by atoms with E-state index in [1.165, 1.54) is 19.3 Å². The molecule has 1 saturated heterocycles. The Morgan fingerprint density at radius 1 is 1.35 bits per heavy atom. The summed E-state index contributed by atoms with van der Waals surface area (Å²) in [5, 5.41) is 0. The highest BCUT2D eigenvalue weighted by atomic mass is 16.7. The first-order valence-corrected chi connectivity index (χ1v) is 7.89. The monoisotopic (exact) mass is 280 g/mol. The molecular weight excluding hydrogens is 256 g/mol. The lowest BCUT2D eigenvalue weighted by molar-refractivity contribution is -0.192. The molecule has 4 heteroatoms. The van der Waals surface area contributed by atoms with Crippen LogP contribution in [-0.2, 0) is 19.0 Å². The van der Waals surface area contributed by atoms with Crippen LogP contribution in [0.15, 0.2) is 12.2 Å². The summed E-state index contributed by atoms with van der Waals surface area (Å²) in [6.45, 7) is 2.89. The first kappa shape index (κ1) is 14.1. The molecule has 1 spiro atoms. The lowest BCUT2D eigenvalue weighted by atomic mass is 9.90. The molecule has 1 saturated carbocycles. The van der Waals surface area contributed by atoms with Crippen LogP contribution in [0.5, 0.6) is 0 Å². The molecule has 0 aromatic heterocycles. The van der Waals surface area contributed by atoms with Gasteiger partial charge in [-0.3, -0.25) is 4.79 Å². The molecule has 3 atom stereocenters. The average molecular weight is 280 g/mol. The van der Waals surface area contributed by atoms with Gasteiger partial charge in [-0.15, -0.1) is 0 Å². The maximum Gasteiger partial charge on any atom is 0.309 e. The van der Waals surface area contributed by atoms with E-state index in [0.29, 0.717) is 13.2 Å². The summed E-state index contributed by atoms with van der Waals surface area (Å²) >= 11 is 0. The van der Waals surface area contributed by atoms with Crippen molar-refractivity contribution in [3.05, 3.63) is 12.2 Å². The van der Waals surface area contributed by atoms with Crippen molar-refractivity contribution >= 4 is 5.97 Å². The highest BCUT2D eigenvalue weighted by Gasteiger charge is 2.47. The molecule has 0 amide bonds. The van der Waals surface area contributed by atoms with Crippen LogP contribution >= 0.6 is 0 Å². The van der Waals surface area contributed by atoms with E-state index in [1.807, 2.05) is 6.92 Å². The summed E-state index contributed by atoms with van der Waals surface area (Å²) in [4.78, 5) is 12.0. The smallest absolute Gasteiger partial charge is 0.309 e. The zero-order chi connectivity index (χ0) is 14.0. The fraction of sp³-hybridized carbons (Fsp3) is 0.812. The van der Waals surface area contributed by atoms with Crippen molar-refractivity contribution in [2.75, 3.05) is 13.2 Å². The van der Waals surface area contributed by atoms with Gasteiger partial charge in [0.2, 0.25) is 0 Å². The average Bonchev–Trinajstić information content (AvgIpc) is 3.07. The molecule has 0 unspecified atom stereocenters. The lowest BCUT2D eigenvalue weighted by Crippen LogP contribution is -2.36. The predicted molar refractivity (Wildman–Crippen MR) is 74.0 cm³/mol. The van der Waals surface area contributed by atoms with Gasteiger partial charge >= 0.3 is 5.97 Å². The van der Waals surface area contributed by atoms with Crippen molar-refractivity contribution < 1.29 is 19.0 Å². The Bertz CT molecular complexity index is 384. The van der Waals surface area contributed by atoms with Crippen molar-refractivity contribution in [2.24, 2.45) is 11.8 Å². The van der Waals surface area contributed by atoms with Gasteiger partial charge in [-0.1, -0.05) is 18.6 Å². The van der Waals surface area contributed by atoms with Crippen LogP contribution in [0.2, 0.25) is 0 Å². The minimum Gasteiger partial charge on any atom is -0.466 e. The van der Waals surface area contributed by atoms with Crippen molar-refractivity contribution in [2.45, 2.75) is 57.3 Å². The molecule has 20 heavy (non-hydrogen) atoms. The molecule has 112 valence electrons. The molecule has 1 aliphatic heterocycles. The van der Waals surface area contributed by atoms with Gasteiger partial charge < -0.3 is 14.2 Å². The Balaban J connectivity index is 1.64. The highest BCUT2D eigenvalue weighted by molar-refractivity contribution is 5.74. The summed E-state index contributed by atoms with van der Waals surface area (Å²) in [5.41, 5.74) is 0. The molecule has 0 radical (unpaired) electrons. The Kier molecular flexibility index (Phi) is 4.13. The third-order valence-corrected chi connectivity index (χ3v) is 4.72. The first-order chi connectivity index (χ1) is 9.74.